The second kappa shape index (κ2) is 4.31. The molecule has 0 radical (unpaired) electrons. The Morgan fingerprint density at radius 3 is 2.54 bits per heavy atom. The van der Waals surface area contributed by atoms with E-state index in [1.165, 1.54) is 24.5 Å². The maximum atomic E-state index is 11.4. The van der Waals surface area contributed by atoms with Gasteiger partial charge in [-0.1, -0.05) is 0 Å². The van der Waals surface area contributed by atoms with Crippen molar-refractivity contribution in [3.05, 3.63) is 24.5 Å². The lowest BCUT2D eigenvalue weighted by molar-refractivity contribution is 0.582. The molecule has 1 heterocycles. The molecule has 0 bridgehead atoms. The van der Waals surface area contributed by atoms with Gasteiger partial charge in [0.05, 0.1) is 4.90 Å². The van der Waals surface area contributed by atoms with E-state index in [4.69, 9.17) is 5.73 Å². The highest BCUT2D eigenvalue weighted by Gasteiger charge is 2.11. The number of hydrogen-bond acceptors (Lipinski definition) is 4. The average Bonchev–Trinajstić information content (AvgIpc) is 2.16. The Kier molecular flexibility index (Phi) is 3.35. The molecule has 0 unspecified atom stereocenters. The van der Waals surface area contributed by atoms with Gasteiger partial charge in [-0.15, -0.1) is 0 Å². The quantitative estimate of drug-likeness (QED) is 0.675. The molecule has 0 aliphatic rings. The Balaban J connectivity index is 2.83. The van der Waals surface area contributed by atoms with E-state index >= 15 is 0 Å². The van der Waals surface area contributed by atoms with Crippen molar-refractivity contribution in [1.29, 1.82) is 0 Å². The van der Waals surface area contributed by atoms with Crippen LogP contribution in [0.4, 0.5) is 0 Å². The standard InChI is InChI=1S/C7H11N3O2S/c8-3-6-10-13(11,12)7-1-4-9-5-2-7/h1-2,4-5,10H,3,6,8H2. The van der Waals surface area contributed by atoms with Crippen LogP contribution in [-0.4, -0.2) is 26.5 Å². The summed E-state index contributed by atoms with van der Waals surface area (Å²) in [6.07, 6.45) is 2.86. The van der Waals surface area contributed by atoms with Crippen molar-refractivity contribution in [3.63, 3.8) is 0 Å². The smallest absolute Gasteiger partial charge is 0.240 e. The molecule has 0 atom stereocenters. The number of nitrogens with two attached hydrogens (primary N) is 1. The summed E-state index contributed by atoms with van der Waals surface area (Å²) in [6.45, 7) is 0.523. The topological polar surface area (TPSA) is 85.1 Å². The number of aromatic nitrogens is 1. The van der Waals surface area contributed by atoms with Crippen LogP contribution in [0.25, 0.3) is 0 Å². The Morgan fingerprint density at radius 1 is 1.38 bits per heavy atom. The predicted octanol–water partition coefficient (Wildman–Crippen LogP) is -0.681. The molecule has 72 valence electrons. The minimum absolute atomic E-state index is 0.205. The van der Waals surface area contributed by atoms with Gasteiger partial charge >= 0.3 is 0 Å². The summed E-state index contributed by atoms with van der Waals surface area (Å²) in [5.41, 5.74) is 5.17. The number of hydrogen-bond donors (Lipinski definition) is 2. The molecule has 0 fully saturated rings. The summed E-state index contributed by atoms with van der Waals surface area (Å²) in [5, 5.41) is 0. The summed E-state index contributed by atoms with van der Waals surface area (Å²) in [6, 6.07) is 2.86. The third-order valence-electron chi connectivity index (χ3n) is 1.40. The lowest BCUT2D eigenvalue weighted by Gasteiger charge is -2.03. The van der Waals surface area contributed by atoms with Crippen LogP contribution in [-0.2, 0) is 10.0 Å². The molecule has 6 heteroatoms. The molecule has 0 aliphatic heterocycles. The first kappa shape index (κ1) is 10.1. The monoisotopic (exact) mass is 201 g/mol. The van der Waals surface area contributed by atoms with Crippen molar-refractivity contribution < 1.29 is 8.42 Å². The average molecular weight is 201 g/mol. The van der Waals surface area contributed by atoms with Gasteiger partial charge in [0.15, 0.2) is 0 Å². The Hall–Kier alpha value is -0.980. The Bertz CT molecular complexity index is 349. The van der Waals surface area contributed by atoms with Gasteiger partial charge < -0.3 is 5.73 Å². The van der Waals surface area contributed by atoms with Crippen molar-refractivity contribution in [2.75, 3.05) is 13.1 Å². The second-order valence-electron chi connectivity index (χ2n) is 2.37. The van der Waals surface area contributed by atoms with E-state index in [0.29, 0.717) is 0 Å². The van der Waals surface area contributed by atoms with Crippen molar-refractivity contribution in [2.24, 2.45) is 5.73 Å². The number of rotatable bonds is 4. The molecule has 1 aromatic rings. The molecule has 1 aromatic heterocycles. The number of nitrogens with one attached hydrogen (secondary N) is 1. The fourth-order valence-electron chi connectivity index (χ4n) is 0.794. The van der Waals surface area contributed by atoms with Crippen molar-refractivity contribution >= 4 is 10.0 Å². The van der Waals surface area contributed by atoms with E-state index in [1.807, 2.05) is 0 Å². The van der Waals surface area contributed by atoms with Gasteiger partial charge in [-0.25, -0.2) is 13.1 Å². The maximum absolute atomic E-state index is 11.4. The van der Waals surface area contributed by atoms with Crippen LogP contribution in [0.5, 0.6) is 0 Å². The minimum atomic E-state index is -3.39. The van der Waals surface area contributed by atoms with E-state index in [2.05, 4.69) is 9.71 Å². The van der Waals surface area contributed by atoms with Gasteiger partial charge in [0.1, 0.15) is 0 Å². The summed E-state index contributed by atoms with van der Waals surface area (Å²) in [4.78, 5) is 3.93. The fourth-order valence-corrected chi connectivity index (χ4v) is 1.83. The SMILES string of the molecule is NCCNS(=O)(=O)c1ccncc1. The van der Waals surface area contributed by atoms with Crippen molar-refractivity contribution in [3.8, 4) is 0 Å². The largest absolute Gasteiger partial charge is 0.329 e. The maximum Gasteiger partial charge on any atom is 0.240 e. The highest BCUT2D eigenvalue weighted by molar-refractivity contribution is 7.89. The molecule has 0 saturated carbocycles. The molecule has 13 heavy (non-hydrogen) atoms. The first-order chi connectivity index (χ1) is 6.17. The molecule has 3 N–H and O–H groups in total. The van der Waals surface area contributed by atoms with Gasteiger partial charge in [0.25, 0.3) is 0 Å². The molecule has 0 aliphatic carbocycles. The number of pyridine rings is 1. The van der Waals surface area contributed by atoms with Crippen LogP contribution in [0.3, 0.4) is 0 Å². The molecular weight excluding hydrogens is 190 g/mol. The molecule has 0 spiro atoms. The van der Waals surface area contributed by atoms with Crippen LogP contribution < -0.4 is 10.5 Å². The van der Waals surface area contributed by atoms with E-state index in [-0.39, 0.29) is 18.0 Å². The van der Waals surface area contributed by atoms with Crippen molar-refractivity contribution in [1.82, 2.24) is 9.71 Å². The van der Waals surface area contributed by atoms with Gasteiger partial charge in [-0.3, -0.25) is 4.98 Å². The summed E-state index contributed by atoms with van der Waals surface area (Å²) in [5.74, 6) is 0. The van der Waals surface area contributed by atoms with Crippen LogP contribution in [0, 0.1) is 0 Å². The van der Waals surface area contributed by atoms with Crippen LogP contribution in [0.15, 0.2) is 29.4 Å². The molecule has 1 rings (SSSR count). The van der Waals surface area contributed by atoms with Gasteiger partial charge in [-0.2, -0.15) is 0 Å². The highest BCUT2D eigenvalue weighted by atomic mass is 32.2. The minimum Gasteiger partial charge on any atom is -0.329 e. The predicted molar refractivity (Wildman–Crippen MR) is 48.5 cm³/mol. The molecule has 0 saturated heterocycles. The molecular formula is C7H11N3O2S. The highest BCUT2D eigenvalue weighted by Crippen LogP contribution is 2.04. The first-order valence-electron chi connectivity index (χ1n) is 3.76. The third kappa shape index (κ3) is 2.76. The Morgan fingerprint density at radius 2 is 2.00 bits per heavy atom. The van der Waals surface area contributed by atoms with Crippen molar-refractivity contribution in [2.45, 2.75) is 4.90 Å². The third-order valence-corrected chi connectivity index (χ3v) is 2.87. The molecule has 0 amide bonds. The normalized spacial score (nSPS) is 11.5. The van der Waals surface area contributed by atoms with E-state index in [0.717, 1.165) is 0 Å². The second-order valence-corrected chi connectivity index (χ2v) is 4.14. The summed E-state index contributed by atoms with van der Waals surface area (Å²) >= 11 is 0. The zero-order chi connectivity index (χ0) is 9.73. The lowest BCUT2D eigenvalue weighted by Crippen LogP contribution is -2.29. The van der Waals surface area contributed by atoms with Gasteiger partial charge in [0.2, 0.25) is 10.0 Å². The van der Waals surface area contributed by atoms with Gasteiger partial charge in [-0.05, 0) is 12.1 Å². The number of sulfonamides is 1. The zero-order valence-electron chi connectivity index (χ0n) is 6.97. The fraction of sp³-hybridized carbons (Fsp3) is 0.286. The van der Waals surface area contributed by atoms with E-state index < -0.39 is 10.0 Å². The summed E-state index contributed by atoms with van der Waals surface area (Å²) < 4.78 is 25.1. The van der Waals surface area contributed by atoms with Crippen LogP contribution in [0.1, 0.15) is 0 Å². The van der Waals surface area contributed by atoms with Gasteiger partial charge in [0, 0.05) is 25.5 Å². The molecule has 5 nitrogen and oxygen atoms in total. The first-order valence-corrected chi connectivity index (χ1v) is 5.25. The number of nitrogens with zero attached hydrogens (tertiary/aromatic N) is 1. The zero-order valence-corrected chi connectivity index (χ0v) is 7.79. The Labute approximate surface area is 77.0 Å². The van der Waals surface area contributed by atoms with E-state index in [9.17, 15) is 8.42 Å². The summed E-state index contributed by atoms with van der Waals surface area (Å²) in [7, 11) is -3.39. The van der Waals surface area contributed by atoms with Crippen LogP contribution in [0.2, 0.25) is 0 Å². The van der Waals surface area contributed by atoms with E-state index in [1.54, 1.807) is 0 Å². The lowest BCUT2D eigenvalue weighted by atomic mass is 10.5. The van der Waals surface area contributed by atoms with Crippen LogP contribution >= 0.6 is 0 Å². The molecule has 0 aromatic carbocycles.